The summed E-state index contributed by atoms with van der Waals surface area (Å²) in [7, 11) is 0.362. The first-order valence-electron chi connectivity index (χ1n) is 7.48. The average Bonchev–Trinajstić information content (AvgIpc) is 2.40. The zero-order valence-corrected chi connectivity index (χ0v) is 13.7. The molecule has 1 atom stereocenters. The number of rotatable bonds is 7. The summed E-state index contributed by atoms with van der Waals surface area (Å²) < 4.78 is 27.0. The number of hydrogen-bond acceptors (Lipinski definition) is 4. The SMILES string of the molecule is CCC(C#N)S(=O)(=O)N(CCN(C)C)C1CCCCC1. The number of nitriles is 1. The van der Waals surface area contributed by atoms with Gasteiger partial charge in [-0.15, -0.1) is 0 Å². The zero-order chi connectivity index (χ0) is 15.2. The Morgan fingerprint density at radius 2 is 1.80 bits per heavy atom. The summed E-state index contributed by atoms with van der Waals surface area (Å²) in [4.78, 5) is 1.98. The van der Waals surface area contributed by atoms with E-state index in [4.69, 9.17) is 5.26 Å². The van der Waals surface area contributed by atoms with E-state index >= 15 is 0 Å². The molecule has 116 valence electrons. The number of sulfonamides is 1. The molecule has 0 aromatic carbocycles. The molecule has 0 aromatic rings. The van der Waals surface area contributed by atoms with Crippen molar-refractivity contribution < 1.29 is 8.42 Å². The van der Waals surface area contributed by atoms with E-state index in [0.717, 1.165) is 25.7 Å². The molecule has 0 amide bonds. The van der Waals surface area contributed by atoms with E-state index in [-0.39, 0.29) is 6.04 Å². The molecule has 5 nitrogen and oxygen atoms in total. The molecule has 0 bridgehead atoms. The monoisotopic (exact) mass is 301 g/mol. The van der Waals surface area contributed by atoms with Crippen molar-refractivity contribution in [2.75, 3.05) is 27.2 Å². The molecule has 0 aliphatic heterocycles. The first-order valence-corrected chi connectivity index (χ1v) is 8.98. The summed E-state index contributed by atoms with van der Waals surface area (Å²) >= 11 is 0. The first-order chi connectivity index (χ1) is 9.43. The maximum absolute atomic E-state index is 12.7. The predicted octanol–water partition coefficient (Wildman–Crippen LogP) is 1.81. The molecule has 6 heteroatoms. The Morgan fingerprint density at radius 3 is 2.25 bits per heavy atom. The van der Waals surface area contributed by atoms with Gasteiger partial charge in [0.1, 0.15) is 0 Å². The van der Waals surface area contributed by atoms with Gasteiger partial charge >= 0.3 is 0 Å². The Morgan fingerprint density at radius 1 is 1.20 bits per heavy atom. The Labute approximate surface area is 123 Å². The third-order valence-corrected chi connectivity index (χ3v) is 6.24. The average molecular weight is 301 g/mol. The molecule has 0 radical (unpaired) electrons. The van der Waals surface area contributed by atoms with Crippen LogP contribution < -0.4 is 0 Å². The minimum absolute atomic E-state index is 0.0797. The molecule has 0 aromatic heterocycles. The second-order valence-corrected chi connectivity index (χ2v) is 7.84. The second-order valence-electron chi connectivity index (χ2n) is 5.78. The van der Waals surface area contributed by atoms with E-state index < -0.39 is 15.3 Å². The standard InChI is InChI=1S/C14H27N3O2S/c1-4-14(12-15)20(18,19)17(11-10-16(2)3)13-8-6-5-7-9-13/h13-14H,4-11H2,1-3H3. The van der Waals surface area contributed by atoms with E-state index in [0.29, 0.717) is 19.5 Å². The number of nitrogens with zero attached hydrogens (tertiary/aromatic N) is 3. The molecule has 1 unspecified atom stereocenters. The molecule has 0 saturated heterocycles. The lowest BCUT2D eigenvalue weighted by Crippen LogP contribution is -2.48. The van der Waals surface area contributed by atoms with Crippen LogP contribution in [0.25, 0.3) is 0 Å². The van der Waals surface area contributed by atoms with Gasteiger partial charge in [-0.05, 0) is 33.4 Å². The molecular formula is C14H27N3O2S. The maximum Gasteiger partial charge on any atom is 0.230 e. The zero-order valence-electron chi connectivity index (χ0n) is 12.9. The van der Waals surface area contributed by atoms with Crippen molar-refractivity contribution in [1.29, 1.82) is 5.26 Å². The van der Waals surface area contributed by atoms with E-state index in [1.807, 2.05) is 25.1 Å². The van der Waals surface area contributed by atoms with Crippen molar-refractivity contribution in [2.24, 2.45) is 0 Å². The third-order valence-electron chi connectivity index (χ3n) is 3.95. The van der Waals surface area contributed by atoms with Crippen molar-refractivity contribution in [2.45, 2.75) is 56.7 Å². The maximum atomic E-state index is 12.7. The minimum atomic E-state index is -3.51. The number of likely N-dealkylation sites (N-methyl/N-ethyl adjacent to an activating group) is 1. The van der Waals surface area contributed by atoms with Gasteiger partial charge in [0.15, 0.2) is 5.25 Å². The quantitative estimate of drug-likeness (QED) is 0.719. The van der Waals surface area contributed by atoms with Gasteiger partial charge in [0, 0.05) is 19.1 Å². The van der Waals surface area contributed by atoms with Gasteiger partial charge in [0.05, 0.1) is 6.07 Å². The summed E-state index contributed by atoms with van der Waals surface area (Å²) in [5.74, 6) is 0. The highest BCUT2D eigenvalue weighted by Gasteiger charge is 2.36. The van der Waals surface area contributed by atoms with Crippen LogP contribution >= 0.6 is 0 Å². The summed E-state index contributed by atoms with van der Waals surface area (Å²) in [6, 6.07) is 2.04. The van der Waals surface area contributed by atoms with Crippen LogP contribution in [0.3, 0.4) is 0 Å². The molecule has 1 aliphatic carbocycles. The first kappa shape index (κ1) is 17.4. The van der Waals surface area contributed by atoms with Crippen LogP contribution in [0, 0.1) is 11.3 Å². The lowest BCUT2D eigenvalue weighted by atomic mass is 9.95. The van der Waals surface area contributed by atoms with Crippen LogP contribution in [0.15, 0.2) is 0 Å². The van der Waals surface area contributed by atoms with Crippen LogP contribution in [-0.4, -0.2) is 56.1 Å². The summed E-state index contributed by atoms with van der Waals surface area (Å²) in [5.41, 5.74) is 0. The highest BCUT2D eigenvalue weighted by atomic mass is 32.2. The Balaban J connectivity index is 2.93. The third kappa shape index (κ3) is 4.44. The predicted molar refractivity (Wildman–Crippen MR) is 80.7 cm³/mol. The van der Waals surface area contributed by atoms with Gasteiger partial charge in [0.2, 0.25) is 10.0 Å². The Bertz CT molecular complexity index is 422. The van der Waals surface area contributed by atoms with Gasteiger partial charge in [-0.25, -0.2) is 8.42 Å². The van der Waals surface area contributed by atoms with E-state index in [9.17, 15) is 8.42 Å². The smallest absolute Gasteiger partial charge is 0.230 e. The molecule has 20 heavy (non-hydrogen) atoms. The van der Waals surface area contributed by atoms with Gasteiger partial charge in [0.25, 0.3) is 0 Å². The summed E-state index contributed by atoms with van der Waals surface area (Å²) in [6.45, 7) is 2.94. The van der Waals surface area contributed by atoms with Crippen LogP contribution in [0.5, 0.6) is 0 Å². The fraction of sp³-hybridized carbons (Fsp3) is 0.929. The molecule has 1 saturated carbocycles. The molecule has 0 heterocycles. The van der Waals surface area contributed by atoms with Crippen LogP contribution in [0.1, 0.15) is 45.4 Å². The Hall–Kier alpha value is -0.640. The highest BCUT2D eigenvalue weighted by Crippen LogP contribution is 2.26. The van der Waals surface area contributed by atoms with E-state index in [1.165, 1.54) is 6.42 Å². The normalized spacial score (nSPS) is 19.2. The molecule has 1 fully saturated rings. The van der Waals surface area contributed by atoms with Gasteiger partial charge in [-0.1, -0.05) is 26.2 Å². The van der Waals surface area contributed by atoms with Crippen molar-refractivity contribution in [3.63, 3.8) is 0 Å². The van der Waals surface area contributed by atoms with Crippen LogP contribution in [0.4, 0.5) is 0 Å². The fourth-order valence-corrected chi connectivity index (χ4v) is 4.56. The molecule has 1 rings (SSSR count). The van der Waals surface area contributed by atoms with E-state index in [2.05, 4.69) is 0 Å². The summed E-state index contributed by atoms with van der Waals surface area (Å²) in [6.07, 6.45) is 5.56. The second kappa shape index (κ2) is 7.96. The molecule has 1 aliphatic rings. The molecular weight excluding hydrogens is 274 g/mol. The lowest BCUT2D eigenvalue weighted by Gasteiger charge is -2.35. The van der Waals surface area contributed by atoms with Crippen molar-refractivity contribution in [1.82, 2.24) is 9.21 Å². The van der Waals surface area contributed by atoms with Gasteiger partial charge in [-0.3, -0.25) is 0 Å². The van der Waals surface area contributed by atoms with Gasteiger partial charge < -0.3 is 4.90 Å². The molecule has 0 N–H and O–H groups in total. The van der Waals surface area contributed by atoms with Crippen molar-refractivity contribution >= 4 is 10.0 Å². The summed E-state index contributed by atoms with van der Waals surface area (Å²) in [5, 5.41) is 8.21. The largest absolute Gasteiger partial charge is 0.308 e. The fourth-order valence-electron chi connectivity index (χ4n) is 2.72. The Kier molecular flexibility index (Phi) is 6.93. The number of hydrogen-bond donors (Lipinski definition) is 0. The van der Waals surface area contributed by atoms with Crippen LogP contribution in [0.2, 0.25) is 0 Å². The van der Waals surface area contributed by atoms with Crippen LogP contribution in [-0.2, 0) is 10.0 Å². The van der Waals surface area contributed by atoms with Crippen molar-refractivity contribution in [3.05, 3.63) is 0 Å². The molecule has 0 spiro atoms. The lowest BCUT2D eigenvalue weighted by molar-refractivity contribution is 0.232. The minimum Gasteiger partial charge on any atom is -0.308 e. The van der Waals surface area contributed by atoms with E-state index in [1.54, 1.807) is 11.2 Å². The highest BCUT2D eigenvalue weighted by molar-refractivity contribution is 7.90. The topological polar surface area (TPSA) is 64.4 Å². The van der Waals surface area contributed by atoms with Crippen molar-refractivity contribution in [3.8, 4) is 6.07 Å². The van der Waals surface area contributed by atoms with Gasteiger partial charge in [-0.2, -0.15) is 9.57 Å².